The van der Waals surface area contributed by atoms with E-state index < -0.39 is 0 Å². The van der Waals surface area contributed by atoms with Gasteiger partial charge in [0.2, 0.25) is 0 Å². The second kappa shape index (κ2) is 6.76. The van der Waals surface area contributed by atoms with E-state index in [9.17, 15) is 5.11 Å². The molecule has 1 heterocycles. The topological polar surface area (TPSA) is 35.5 Å². The van der Waals surface area contributed by atoms with Crippen molar-refractivity contribution in [3.8, 4) is 0 Å². The standard InChI is InChI=1S/C17H34N2O/c1-16(2,3)18-13-15(20)14-19-11-9-17(10-12-19)7-5-4-6-8-17/h15,18,20H,4-14H2,1-3H3. The van der Waals surface area contributed by atoms with E-state index in [-0.39, 0.29) is 11.6 Å². The van der Waals surface area contributed by atoms with Gasteiger partial charge in [0.25, 0.3) is 0 Å². The molecule has 118 valence electrons. The van der Waals surface area contributed by atoms with Crippen molar-refractivity contribution in [2.45, 2.75) is 77.4 Å². The molecule has 1 unspecified atom stereocenters. The van der Waals surface area contributed by atoms with Gasteiger partial charge in [0.1, 0.15) is 0 Å². The molecule has 0 amide bonds. The first-order valence-corrected chi connectivity index (χ1v) is 8.54. The molecule has 3 nitrogen and oxygen atoms in total. The summed E-state index contributed by atoms with van der Waals surface area (Å²) < 4.78 is 0. The van der Waals surface area contributed by atoms with Gasteiger partial charge < -0.3 is 15.3 Å². The molecule has 0 aromatic carbocycles. The number of likely N-dealkylation sites (tertiary alicyclic amines) is 1. The summed E-state index contributed by atoms with van der Waals surface area (Å²) in [6, 6.07) is 0. The molecule has 0 aromatic rings. The second-order valence-electron chi connectivity index (χ2n) is 8.15. The molecular weight excluding hydrogens is 248 g/mol. The summed E-state index contributed by atoms with van der Waals surface area (Å²) in [6.45, 7) is 10.3. The van der Waals surface area contributed by atoms with Gasteiger partial charge in [-0.25, -0.2) is 0 Å². The lowest BCUT2D eigenvalue weighted by Gasteiger charge is -2.44. The fourth-order valence-electron chi connectivity index (χ4n) is 3.80. The first-order chi connectivity index (χ1) is 9.39. The summed E-state index contributed by atoms with van der Waals surface area (Å²) in [6.07, 6.45) is 9.71. The molecule has 1 atom stereocenters. The molecule has 20 heavy (non-hydrogen) atoms. The largest absolute Gasteiger partial charge is 0.390 e. The van der Waals surface area contributed by atoms with Gasteiger partial charge in [-0.05, 0) is 65.0 Å². The Bertz CT molecular complexity index is 282. The van der Waals surface area contributed by atoms with Crippen molar-refractivity contribution in [3.05, 3.63) is 0 Å². The Morgan fingerprint density at radius 3 is 2.20 bits per heavy atom. The minimum atomic E-state index is -0.241. The molecule has 1 saturated carbocycles. The van der Waals surface area contributed by atoms with Gasteiger partial charge in [0.15, 0.2) is 0 Å². The van der Waals surface area contributed by atoms with Crippen LogP contribution in [0.25, 0.3) is 0 Å². The van der Waals surface area contributed by atoms with Crippen LogP contribution in [-0.2, 0) is 0 Å². The van der Waals surface area contributed by atoms with Gasteiger partial charge in [-0.15, -0.1) is 0 Å². The molecular formula is C17H34N2O. The molecule has 2 N–H and O–H groups in total. The third-order valence-electron chi connectivity index (χ3n) is 5.17. The van der Waals surface area contributed by atoms with E-state index in [2.05, 4.69) is 31.0 Å². The molecule has 1 spiro atoms. The highest BCUT2D eigenvalue weighted by Gasteiger charge is 2.35. The Balaban J connectivity index is 1.68. The second-order valence-corrected chi connectivity index (χ2v) is 8.15. The molecule has 1 saturated heterocycles. The quantitative estimate of drug-likeness (QED) is 0.832. The highest BCUT2D eigenvalue weighted by molar-refractivity contribution is 4.89. The smallest absolute Gasteiger partial charge is 0.0791 e. The van der Waals surface area contributed by atoms with Crippen LogP contribution in [0.4, 0.5) is 0 Å². The average molecular weight is 282 g/mol. The summed E-state index contributed by atoms with van der Waals surface area (Å²) in [7, 11) is 0. The minimum absolute atomic E-state index is 0.0923. The fraction of sp³-hybridized carbons (Fsp3) is 1.00. The minimum Gasteiger partial charge on any atom is -0.390 e. The van der Waals surface area contributed by atoms with E-state index in [0.717, 1.165) is 6.54 Å². The zero-order valence-corrected chi connectivity index (χ0v) is 13.7. The maximum atomic E-state index is 10.2. The molecule has 0 radical (unpaired) electrons. The first-order valence-electron chi connectivity index (χ1n) is 8.54. The molecule has 2 rings (SSSR count). The lowest BCUT2D eigenvalue weighted by molar-refractivity contribution is 0.0370. The Morgan fingerprint density at radius 2 is 1.65 bits per heavy atom. The van der Waals surface area contributed by atoms with Crippen LogP contribution in [-0.4, -0.2) is 47.8 Å². The molecule has 2 aliphatic rings. The van der Waals surface area contributed by atoms with Gasteiger partial charge in [-0.1, -0.05) is 19.3 Å². The molecule has 0 aromatic heterocycles. The first kappa shape index (κ1) is 16.3. The van der Waals surface area contributed by atoms with Crippen molar-refractivity contribution in [1.82, 2.24) is 10.2 Å². The summed E-state index contributed by atoms with van der Waals surface area (Å²) in [5.74, 6) is 0. The molecule has 1 aliphatic heterocycles. The van der Waals surface area contributed by atoms with E-state index in [1.165, 1.54) is 58.0 Å². The molecule has 2 fully saturated rings. The van der Waals surface area contributed by atoms with Crippen molar-refractivity contribution < 1.29 is 5.11 Å². The van der Waals surface area contributed by atoms with Gasteiger partial charge in [-0.3, -0.25) is 0 Å². The summed E-state index contributed by atoms with van der Waals surface area (Å²) in [5.41, 5.74) is 0.762. The third kappa shape index (κ3) is 5.01. The third-order valence-corrected chi connectivity index (χ3v) is 5.17. The number of aliphatic hydroxyl groups is 1. The Morgan fingerprint density at radius 1 is 1.05 bits per heavy atom. The van der Waals surface area contributed by atoms with Gasteiger partial charge >= 0.3 is 0 Å². The zero-order chi connectivity index (χ0) is 14.6. The van der Waals surface area contributed by atoms with Crippen LogP contribution in [0, 0.1) is 5.41 Å². The summed E-state index contributed by atoms with van der Waals surface area (Å²) >= 11 is 0. The van der Waals surface area contributed by atoms with Crippen LogP contribution >= 0.6 is 0 Å². The highest BCUT2D eigenvalue weighted by Crippen LogP contribution is 2.44. The SMILES string of the molecule is CC(C)(C)NCC(O)CN1CCC2(CCCCC2)CC1. The normalized spacial score (nSPS) is 25.8. The van der Waals surface area contributed by atoms with E-state index in [1.54, 1.807) is 0 Å². The Labute approximate surface area is 125 Å². The number of hydrogen-bond donors (Lipinski definition) is 2. The Kier molecular flexibility index (Phi) is 5.49. The van der Waals surface area contributed by atoms with E-state index in [4.69, 9.17) is 0 Å². The van der Waals surface area contributed by atoms with Crippen molar-refractivity contribution >= 4 is 0 Å². The molecule has 1 aliphatic carbocycles. The monoisotopic (exact) mass is 282 g/mol. The predicted molar refractivity (Wildman–Crippen MR) is 85.0 cm³/mol. The maximum absolute atomic E-state index is 10.2. The van der Waals surface area contributed by atoms with Crippen molar-refractivity contribution in [2.24, 2.45) is 5.41 Å². The number of β-amino-alcohol motifs (C(OH)–C–C–N with tert-alkyl or cyclic N) is 1. The molecule has 0 bridgehead atoms. The number of nitrogens with zero attached hydrogens (tertiary/aromatic N) is 1. The van der Waals surface area contributed by atoms with Crippen molar-refractivity contribution in [2.75, 3.05) is 26.2 Å². The lowest BCUT2D eigenvalue weighted by Crippen LogP contribution is -2.48. The number of piperidine rings is 1. The number of aliphatic hydroxyl groups excluding tert-OH is 1. The van der Waals surface area contributed by atoms with E-state index in [1.807, 2.05) is 0 Å². The zero-order valence-electron chi connectivity index (χ0n) is 13.7. The summed E-state index contributed by atoms with van der Waals surface area (Å²) in [4.78, 5) is 2.47. The van der Waals surface area contributed by atoms with Crippen molar-refractivity contribution in [3.63, 3.8) is 0 Å². The highest BCUT2D eigenvalue weighted by atomic mass is 16.3. The van der Waals surface area contributed by atoms with Crippen molar-refractivity contribution in [1.29, 1.82) is 0 Å². The van der Waals surface area contributed by atoms with E-state index in [0.29, 0.717) is 12.0 Å². The van der Waals surface area contributed by atoms with Gasteiger partial charge in [0, 0.05) is 18.6 Å². The van der Waals surface area contributed by atoms with Crippen LogP contribution < -0.4 is 5.32 Å². The van der Waals surface area contributed by atoms with Crippen LogP contribution in [0.3, 0.4) is 0 Å². The fourth-order valence-corrected chi connectivity index (χ4v) is 3.80. The Hall–Kier alpha value is -0.120. The number of hydrogen-bond acceptors (Lipinski definition) is 3. The summed E-state index contributed by atoms with van der Waals surface area (Å²) in [5, 5.41) is 13.6. The molecule has 3 heteroatoms. The van der Waals surface area contributed by atoms with Crippen LogP contribution in [0.1, 0.15) is 65.7 Å². The van der Waals surface area contributed by atoms with Crippen LogP contribution in [0.15, 0.2) is 0 Å². The predicted octanol–water partition coefficient (Wildman–Crippen LogP) is 2.78. The maximum Gasteiger partial charge on any atom is 0.0791 e. The van der Waals surface area contributed by atoms with Gasteiger partial charge in [0.05, 0.1) is 6.10 Å². The number of nitrogens with one attached hydrogen (secondary N) is 1. The van der Waals surface area contributed by atoms with Crippen LogP contribution in [0.5, 0.6) is 0 Å². The average Bonchev–Trinajstić information content (AvgIpc) is 2.40. The number of rotatable bonds is 4. The van der Waals surface area contributed by atoms with Crippen LogP contribution in [0.2, 0.25) is 0 Å². The van der Waals surface area contributed by atoms with Gasteiger partial charge in [-0.2, -0.15) is 0 Å². The lowest BCUT2D eigenvalue weighted by atomic mass is 9.68. The van der Waals surface area contributed by atoms with E-state index >= 15 is 0 Å².